The highest BCUT2D eigenvalue weighted by Crippen LogP contribution is 2.38. The lowest BCUT2D eigenvalue weighted by Gasteiger charge is -2.39. The van der Waals surface area contributed by atoms with Gasteiger partial charge in [0.05, 0.1) is 12.2 Å². The molecule has 2 saturated heterocycles. The first-order valence-corrected chi connectivity index (χ1v) is 8.39. The molecule has 0 N–H and O–H groups in total. The first-order valence-electron chi connectivity index (χ1n) is 8.39. The van der Waals surface area contributed by atoms with Crippen molar-refractivity contribution in [1.82, 2.24) is 4.90 Å². The zero-order valence-corrected chi connectivity index (χ0v) is 12.7. The SMILES string of the molecule is c1ccc(OC2COC3(CCCN(CC4CC4)C3)C2)cc1. The fourth-order valence-electron chi connectivity index (χ4n) is 3.87. The Kier molecular flexibility index (Phi) is 3.64. The monoisotopic (exact) mass is 287 g/mol. The molecule has 0 radical (unpaired) electrons. The topological polar surface area (TPSA) is 21.7 Å². The first kappa shape index (κ1) is 13.6. The van der Waals surface area contributed by atoms with Crippen LogP contribution >= 0.6 is 0 Å². The van der Waals surface area contributed by atoms with Gasteiger partial charge >= 0.3 is 0 Å². The van der Waals surface area contributed by atoms with Crippen molar-refractivity contribution >= 4 is 0 Å². The minimum atomic E-state index is 0.0621. The van der Waals surface area contributed by atoms with Crippen molar-refractivity contribution in [2.75, 3.05) is 26.2 Å². The Balaban J connectivity index is 1.35. The molecule has 2 atom stereocenters. The van der Waals surface area contributed by atoms with E-state index in [2.05, 4.69) is 4.90 Å². The predicted octanol–water partition coefficient (Wildman–Crippen LogP) is 3.10. The lowest BCUT2D eigenvalue weighted by molar-refractivity contribution is -0.0526. The molecule has 2 heterocycles. The molecule has 1 aromatic carbocycles. The van der Waals surface area contributed by atoms with Gasteiger partial charge in [0.15, 0.2) is 0 Å². The van der Waals surface area contributed by atoms with E-state index >= 15 is 0 Å². The molecule has 2 aliphatic heterocycles. The van der Waals surface area contributed by atoms with E-state index in [0.29, 0.717) is 0 Å². The quantitative estimate of drug-likeness (QED) is 0.849. The number of benzene rings is 1. The molecule has 0 aromatic heterocycles. The Bertz CT molecular complexity index is 473. The summed E-state index contributed by atoms with van der Waals surface area (Å²) in [5.74, 6) is 1.94. The van der Waals surface area contributed by atoms with Gasteiger partial charge < -0.3 is 14.4 Å². The second kappa shape index (κ2) is 5.62. The van der Waals surface area contributed by atoms with Gasteiger partial charge in [-0.25, -0.2) is 0 Å². The Labute approximate surface area is 127 Å². The fourth-order valence-corrected chi connectivity index (χ4v) is 3.87. The summed E-state index contributed by atoms with van der Waals surface area (Å²) >= 11 is 0. The average Bonchev–Trinajstić information content (AvgIpc) is 3.23. The first-order chi connectivity index (χ1) is 10.3. The van der Waals surface area contributed by atoms with Crippen LogP contribution < -0.4 is 4.74 Å². The fraction of sp³-hybridized carbons (Fsp3) is 0.667. The number of para-hydroxylation sites is 1. The van der Waals surface area contributed by atoms with E-state index in [9.17, 15) is 0 Å². The molecule has 0 amide bonds. The van der Waals surface area contributed by atoms with E-state index < -0.39 is 0 Å². The summed E-state index contributed by atoms with van der Waals surface area (Å²) in [6.45, 7) is 4.39. The third kappa shape index (κ3) is 3.24. The number of likely N-dealkylation sites (tertiary alicyclic amines) is 1. The number of piperidine rings is 1. The van der Waals surface area contributed by atoms with Crippen LogP contribution in [0.15, 0.2) is 30.3 Å². The van der Waals surface area contributed by atoms with Crippen LogP contribution in [-0.2, 0) is 4.74 Å². The average molecular weight is 287 g/mol. The van der Waals surface area contributed by atoms with Crippen LogP contribution in [0.25, 0.3) is 0 Å². The predicted molar refractivity (Wildman–Crippen MR) is 82.6 cm³/mol. The number of hydrogen-bond donors (Lipinski definition) is 0. The van der Waals surface area contributed by atoms with Crippen LogP contribution in [0.5, 0.6) is 5.75 Å². The molecule has 1 spiro atoms. The second-order valence-corrected chi connectivity index (χ2v) is 7.03. The van der Waals surface area contributed by atoms with Crippen molar-refractivity contribution in [2.24, 2.45) is 5.92 Å². The van der Waals surface area contributed by atoms with Gasteiger partial charge in [-0.3, -0.25) is 0 Å². The number of nitrogens with zero attached hydrogens (tertiary/aromatic N) is 1. The normalized spacial score (nSPS) is 33.4. The summed E-state index contributed by atoms with van der Waals surface area (Å²) in [6, 6.07) is 10.1. The van der Waals surface area contributed by atoms with Gasteiger partial charge in [0.2, 0.25) is 0 Å². The summed E-state index contributed by atoms with van der Waals surface area (Å²) < 4.78 is 12.3. The number of hydrogen-bond acceptors (Lipinski definition) is 3. The van der Waals surface area contributed by atoms with Crippen LogP contribution in [0, 0.1) is 5.92 Å². The van der Waals surface area contributed by atoms with Gasteiger partial charge in [-0.15, -0.1) is 0 Å². The van der Waals surface area contributed by atoms with E-state index in [-0.39, 0.29) is 11.7 Å². The molecular formula is C18H25NO2. The van der Waals surface area contributed by atoms with Gasteiger partial charge in [0, 0.05) is 19.5 Å². The number of rotatable bonds is 4. The van der Waals surface area contributed by atoms with Gasteiger partial charge in [-0.05, 0) is 50.3 Å². The summed E-state index contributed by atoms with van der Waals surface area (Å²) in [7, 11) is 0. The van der Waals surface area contributed by atoms with Crippen LogP contribution in [0.4, 0.5) is 0 Å². The molecule has 3 nitrogen and oxygen atoms in total. The molecule has 0 bridgehead atoms. The summed E-state index contributed by atoms with van der Waals surface area (Å²) in [4.78, 5) is 2.63. The van der Waals surface area contributed by atoms with Crippen molar-refractivity contribution < 1.29 is 9.47 Å². The largest absolute Gasteiger partial charge is 0.488 e. The molecular weight excluding hydrogens is 262 g/mol. The highest BCUT2D eigenvalue weighted by Gasteiger charge is 2.45. The van der Waals surface area contributed by atoms with E-state index in [1.54, 1.807) is 0 Å². The van der Waals surface area contributed by atoms with Crippen molar-refractivity contribution in [3.05, 3.63) is 30.3 Å². The molecule has 4 rings (SSSR count). The molecule has 1 saturated carbocycles. The second-order valence-electron chi connectivity index (χ2n) is 7.03. The van der Waals surface area contributed by atoms with Crippen LogP contribution in [0.2, 0.25) is 0 Å². The highest BCUT2D eigenvalue weighted by molar-refractivity contribution is 5.21. The third-order valence-electron chi connectivity index (χ3n) is 5.05. The molecule has 3 heteroatoms. The maximum absolute atomic E-state index is 6.23. The Morgan fingerprint density at radius 2 is 2.10 bits per heavy atom. The Morgan fingerprint density at radius 1 is 1.24 bits per heavy atom. The molecule has 2 unspecified atom stereocenters. The smallest absolute Gasteiger partial charge is 0.125 e. The standard InChI is InChI=1S/C18H25NO2/c1-2-5-16(6-3-1)21-17-11-18(20-13-17)9-4-10-19(14-18)12-15-7-8-15/h1-3,5-6,15,17H,4,7-14H2. The van der Waals surface area contributed by atoms with Crippen molar-refractivity contribution in [3.63, 3.8) is 0 Å². The lowest BCUT2D eigenvalue weighted by atomic mass is 9.89. The van der Waals surface area contributed by atoms with Crippen molar-refractivity contribution in [1.29, 1.82) is 0 Å². The Morgan fingerprint density at radius 3 is 2.90 bits per heavy atom. The Hall–Kier alpha value is -1.06. The lowest BCUT2D eigenvalue weighted by Crippen LogP contribution is -2.48. The third-order valence-corrected chi connectivity index (χ3v) is 5.05. The highest BCUT2D eigenvalue weighted by atomic mass is 16.6. The minimum Gasteiger partial charge on any atom is -0.488 e. The molecule has 3 fully saturated rings. The maximum Gasteiger partial charge on any atom is 0.125 e. The van der Waals surface area contributed by atoms with Crippen LogP contribution in [0.3, 0.4) is 0 Å². The zero-order chi connectivity index (χ0) is 14.1. The van der Waals surface area contributed by atoms with Gasteiger partial charge in [0.25, 0.3) is 0 Å². The van der Waals surface area contributed by atoms with E-state index in [4.69, 9.17) is 9.47 Å². The minimum absolute atomic E-state index is 0.0621. The number of ether oxygens (including phenoxy) is 2. The molecule has 21 heavy (non-hydrogen) atoms. The zero-order valence-electron chi connectivity index (χ0n) is 12.7. The molecule has 1 aliphatic carbocycles. The summed E-state index contributed by atoms with van der Waals surface area (Å²) in [5, 5.41) is 0. The van der Waals surface area contributed by atoms with Gasteiger partial charge in [0.1, 0.15) is 11.9 Å². The van der Waals surface area contributed by atoms with E-state index in [1.165, 1.54) is 38.8 Å². The molecule has 3 aliphatic rings. The maximum atomic E-state index is 6.23. The molecule has 1 aromatic rings. The van der Waals surface area contributed by atoms with E-state index in [0.717, 1.165) is 31.2 Å². The van der Waals surface area contributed by atoms with Gasteiger partial charge in [-0.2, -0.15) is 0 Å². The van der Waals surface area contributed by atoms with Crippen molar-refractivity contribution in [2.45, 2.75) is 43.8 Å². The van der Waals surface area contributed by atoms with Gasteiger partial charge in [-0.1, -0.05) is 18.2 Å². The van der Waals surface area contributed by atoms with E-state index in [1.807, 2.05) is 30.3 Å². The summed E-state index contributed by atoms with van der Waals surface area (Å²) in [6.07, 6.45) is 6.60. The van der Waals surface area contributed by atoms with Crippen LogP contribution in [-0.4, -0.2) is 42.8 Å². The summed E-state index contributed by atoms with van der Waals surface area (Å²) in [5.41, 5.74) is 0.0621. The molecule has 114 valence electrons. The van der Waals surface area contributed by atoms with Crippen molar-refractivity contribution in [3.8, 4) is 5.75 Å². The van der Waals surface area contributed by atoms with Crippen LogP contribution in [0.1, 0.15) is 32.1 Å².